The normalized spacial score (nSPS) is 17.3. The molecule has 7 heteroatoms. The number of benzene rings is 1. The molecule has 0 bridgehead atoms. The smallest absolute Gasteiger partial charge is 0.406 e. The monoisotopic (exact) mass is 317 g/mol. The van der Waals surface area contributed by atoms with Crippen molar-refractivity contribution in [2.75, 3.05) is 6.54 Å². The zero-order chi connectivity index (χ0) is 16.2. The highest BCUT2D eigenvalue weighted by Crippen LogP contribution is 2.27. The van der Waals surface area contributed by atoms with Crippen LogP contribution in [-0.4, -0.2) is 30.0 Å². The number of aliphatic hydroxyl groups excluding tert-OH is 1. The second-order valence-corrected chi connectivity index (χ2v) is 5.40. The first-order valence-corrected chi connectivity index (χ1v) is 7.17. The van der Waals surface area contributed by atoms with Crippen molar-refractivity contribution in [3.8, 4) is 5.75 Å². The zero-order valence-corrected chi connectivity index (χ0v) is 11.9. The Hall–Kier alpha value is -1.76. The third-order valence-corrected chi connectivity index (χ3v) is 3.75. The van der Waals surface area contributed by atoms with E-state index in [4.69, 9.17) is 0 Å². The number of hydrogen-bond donors (Lipinski definition) is 2. The summed E-state index contributed by atoms with van der Waals surface area (Å²) >= 11 is 0. The SMILES string of the molecule is O=C(NCC(O)C1CCCC1)c1cccc(OC(F)(F)F)c1. The van der Waals surface area contributed by atoms with E-state index in [1.807, 2.05) is 0 Å². The summed E-state index contributed by atoms with van der Waals surface area (Å²) in [6.45, 7) is 0.0911. The fourth-order valence-corrected chi connectivity index (χ4v) is 2.64. The summed E-state index contributed by atoms with van der Waals surface area (Å²) in [6.07, 6.45) is -1.40. The Kier molecular flexibility index (Phi) is 5.28. The van der Waals surface area contributed by atoms with Crippen LogP contribution in [0.15, 0.2) is 24.3 Å². The van der Waals surface area contributed by atoms with E-state index in [2.05, 4.69) is 10.1 Å². The second-order valence-electron chi connectivity index (χ2n) is 5.40. The molecule has 0 aliphatic heterocycles. The van der Waals surface area contributed by atoms with Crippen molar-refractivity contribution in [2.45, 2.75) is 38.1 Å². The molecule has 1 atom stereocenters. The van der Waals surface area contributed by atoms with Gasteiger partial charge in [-0.05, 0) is 37.0 Å². The number of rotatable bonds is 5. The molecule has 2 rings (SSSR count). The summed E-state index contributed by atoms with van der Waals surface area (Å²) in [4.78, 5) is 11.9. The Morgan fingerprint density at radius 2 is 2.05 bits per heavy atom. The lowest BCUT2D eigenvalue weighted by Crippen LogP contribution is -2.35. The molecular formula is C15H18F3NO3. The van der Waals surface area contributed by atoms with Crippen molar-refractivity contribution < 1.29 is 27.8 Å². The zero-order valence-electron chi connectivity index (χ0n) is 11.9. The summed E-state index contributed by atoms with van der Waals surface area (Å²) in [5.74, 6) is -0.804. The number of nitrogens with one attached hydrogen (secondary N) is 1. The summed E-state index contributed by atoms with van der Waals surface area (Å²) in [6, 6.07) is 4.84. The average Bonchev–Trinajstić information content (AvgIpc) is 2.97. The predicted molar refractivity (Wildman–Crippen MR) is 73.4 cm³/mol. The van der Waals surface area contributed by atoms with E-state index >= 15 is 0 Å². The minimum atomic E-state index is -4.80. The molecule has 1 aliphatic carbocycles. The van der Waals surface area contributed by atoms with Crippen molar-refractivity contribution in [3.05, 3.63) is 29.8 Å². The number of aliphatic hydroxyl groups is 1. The van der Waals surface area contributed by atoms with Gasteiger partial charge in [-0.25, -0.2) is 0 Å². The Balaban J connectivity index is 1.90. The molecule has 1 amide bonds. The predicted octanol–water partition coefficient (Wildman–Crippen LogP) is 2.87. The number of hydrogen-bond acceptors (Lipinski definition) is 3. The topological polar surface area (TPSA) is 58.6 Å². The molecule has 4 nitrogen and oxygen atoms in total. The molecule has 1 unspecified atom stereocenters. The van der Waals surface area contributed by atoms with Crippen molar-refractivity contribution in [1.82, 2.24) is 5.32 Å². The molecule has 22 heavy (non-hydrogen) atoms. The standard InChI is InChI=1S/C15H18F3NO3/c16-15(17,18)22-12-7-3-6-11(8-12)14(21)19-9-13(20)10-4-1-2-5-10/h3,6-8,10,13,20H,1-2,4-5,9H2,(H,19,21). The minimum Gasteiger partial charge on any atom is -0.406 e. The van der Waals surface area contributed by atoms with Gasteiger partial charge in [0.05, 0.1) is 6.10 Å². The molecule has 1 aromatic carbocycles. The van der Waals surface area contributed by atoms with Crippen LogP contribution in [0.25, 0.3) is 0 Å². The number of carbonyl (C=O) groups is 1. The van der Waals surface area contributed by atoms with Crippen LogP contribution in [0.4, 0.5) is 13.2 Å². The van der Waals surface area contributed by atoms with Gasteiger partial charge in [0.25, 0.3) is 5.91 Å². The lowest BCUT2D eigenvalue weighted by Gasteiger charge is -2.18. The molecule has 2 N–H and O–H groups in total. The molecule has 0 spiro atoms. The highest BCUT2D eigenvalue weighted by atomic mass is 19.4. The number of carbonyl (C=O) groups excluding carboxylic acids is 1. The summed E-state index contributed by atoms with van der Waals surface area (Å²) in [7, 11) is 0. The number of amides is 1. The van der Waals surface area contributed by atoms with E-state index in [1.54, 1.807) is 0 Å². The van der Waals surface area contributed by atoms with Crippen LogP contribution in [0.5, 0.6) is 5.75 Å². The highest BCUT2D eigenvalue weighted by Gasteiger charge is 2.31. The van der Waals surface area contributed by atoms with E-state index in [9.17, 15) is 23.1 Å². The Bertz CT molecular complexity index is 513. The first-order chi connectivity index (χ1) is 10.3. The Morgan fingerprint density at radius 3 is 2.68 bits per heavy atom. The summed E-state index contributed by atoms with van der Waals surface area (Å²) in [5.41, 5.74) is 0.0559. The molecule has 0 heterocycles. The van der Waals surface area contributed by atoms with E-state index in [0.29, 0.717) is 0 Å². The van der Waals surface area contributed by atoms with E-state index in [-0.39, 0.29) is 18.0 Å². The van der Waals surface area contributed by atoms with Crippen LogP contribution in [-0.2, 0) is 0 Å². The molecule has 0 radical (unpaired) electrons. The number of alkyl halides is 3. The third-order valence-electron chi connectivity index (χ3n) is 3.75. The lowest BCUT2D eigenvalue weighted by atomic mass is 10.0. The van der Waals surface area contributed by atoms with Crippen LogP contribution in [0.3, 0.4) is 0 Å². The maximum Gasteiger partial charge on any atom is 0.573 e. The van der Waals surface area contributed by atoms with Crippen molar-refractivity contribution >= 4 is 5.91 Å². The van der Waals surface area contributed by atoms with Gasteiger partial charge >= 0.3 is 6.36 Å². The van der Waals surface area contributed by atoms with E-state index in [1.165, 1.54) is 12.1 Å². The molecule has 1 aromatic rings. The molecule has 0 aromatic heterocycles. The first kappa shape index (κ1) is 16.6. The summed E-state index contributed by atoms with van der Waals surface area (Å²) < 4.78 is 40.2. The van der Waals surface area contributed by atoms with Crippen molar-refractivity contribution in [3.63, 3.8) is 0 Å². The van der Waals surface area contributed by atoms with Gasteiger partial charge in [0.15, 0.2) is 0 Å². The molecule has 1 saturated carbocycles. The molecule has 1 aliphatic rings. The van der Waals surface area contributed by atoms with Gasteiger partial charge in [-0.1, -0.05) is 18.9 Å². The number of ether oxygens (including phenoxy) is 1. The van der Waals surface area contributed by atoms with Crippen LogP contribution in [0.2, 0.25) is 0 Å². The first-order valence-electron chi connectivity index (χ1n) is 7.17. The van der Waals surface area contributed by atoms with Gasteiger partial charge in [0.1, 0.15) is 5.75 Å². The van der Waals surface area contributed by atoms with Crippen LogP contribution in [0, 0.1) is 5.92 Å². The van der Waals surface area contributed by atoms with Crippen LogP contribution >= 0.6 is 0 Å². The van der Waals surface area contributed by atoms with Crippen molar-refractivity contribution in [1.29, 1.82) is 0 Å². The Morgan fingerprint density at radius 1 is 1.36 bits per heavy atom. The second kappa shape index (κ2) is 7.00. The molecule has 0 saturated heterocycles. The largest absolute Gasteiger partial charge is 0.573 e. The van der Waals surface area contributed by atoms with Crippen molar-refractivity contribution in [2.24, 2.45) is 5.92 Å². The van der Waals surface area contributed by atoms with E-state index < -0.39 is 24.1 Å². The quantitative estimate of drug-likeness (QED) is 0.878. The molecule has 1 fully saturated rings. The van der Waals surface area contributed by atoms with Gasteiger partial charge in [0.2, 0.25) is 0 Å². The molecular weight excluding hydrogens is 299 g/mol. The van der Waals surface area contributed by atoms with Gasteiger partial charge in [-0.15, -0.1) is 13.2 Å². The third kappa shape index (κ3) is 4.91. The maximum absolute atomic E-state index is 12.1. The maximum atomic E-state index is 12.1. The van der Waals surface area contributed by atoms with E-state index in [0.717, 1.165) is 37.8 Å². The lowest BCUT2D eigenvalue weighted by molar-refractivity contribution is -0.274. The van der Waals surface area contributed by atoms with Crippen LogP contribution in [0.1, 0.15) is 36.0 Å². The highest BCUT2D eigenvalue weighted by molar-refractivity contribution is 5.94. The number of halogens is 3. The van der Waals surface area contributed by atoms with Gasteiger partial charge in [-0.2, -0.15) is 0 Å². The fraction of sp³-hybridized carbons (Fsp3) is 0.533. The summed E-state index contributed by atoms with van der Waals surface area (Å²) in [5, 5.41) is 12.5. The van der Waals surface area contributed by atoms with Gasteiger partial charge in [0, 0.05) is 12.1 Å². The Labute approximate surface area is 126 Å². The minimum absolute atomic E-state index is 0.0559. The molecule has 122 valence electrons. The van der Waals surface area contributed by atoms with Crippen LogP contribution < -0.4 is 10.1 Å². The average molecular weight is 317 g/mol. The fourth-order valence-electron chi connectivity index (χ4n) is 2.64. The van der Waals surface area contributed by atoms with Gasteiger partial charge < -0.3 is 15.2 Å². The van der Waals surface area contributed by atoms with Gasteiger partial charge in [-0.3, -0.25) is 4.79 Å².